The zero-order valence-corrected chi connectivity index (χ0v) is 11.1. The van der Waals surface area contributed by atoms with Crippen LogP contribution in [0.3, 0.4) is 0 Å². The van der Waals surface area contributed by atoms with Crippen LogP contribution in [0.1, 0.15) is 29.6 Å². The van der Waals surface area contributed by atoms with Gasteiger partial charge < -0.3 is 4.90 Å². The number of hydrogen-bond acceptors (Lipinski definition) is 1. The lowest BCUT2D eigenvalue weighted by Gasteiger charge is -2.37. The summed E-state index contributed by atoms with van der Waals surface area (Å²) < 4.78 is 13.1. The minimum Gasteiger partial charge on any atom is -0.335 e. The van der Waals surface area contributed by atoms with E-state index >= 15 is 0 Å². The Morgan fingerprint density at radius 2 is 2.24 bits per heavy atom. The Labute approximate surface area is 109 Å². The Morgan fingerprint density at radius 1 is 1.47 bits per heavy atom. The average Bonchev–Trinajstić information content (AvgIpc) is 2.25. The predicted octanol–water partition coefficient (Wildman–Crippen LogP) is 3.22. The third kappa shape index (κ3) is 2.86. The summed E-state index contributed by atoms with van der Waals surface area (Å²) in [4.78, 5) is 14.1. The molecule has 1 amide bonds. The van der Waals surface area contributed by atoms with E-state index in [1.807, 2.05) is 4.90 Å². The Morgan fingerprint density at radius 3 is 2.76 bits per heavy atom. The van der Waals surface area contributed by atoms with Crippen molar-refractivity contribution in [2.24, 2.45) is 0 Å². The van der Waals surface area contributed by atoms with E-state index < -0.39 is 0 Å². The molecule has 0 unspecified atom stereocenters. The van der Waals surface area contributed by atoms with Gasteiger partial charge in [0.05, 0.1) is 0 Å². The third-order valence-corrected chi connectivity index (χ3v) is 3.53. The zero-order chi connectivity index (χ0) is 12.3. The molecule has 92 valence electrons. The second-order valence-corrected chi connectivity index (χ2v) is 5.08. The number of hydrogen-bond donors (Lipinski definition) is 0. The number of alkyl halides is 1. The molecule has 0 aromatic heterocycles. The molecule has 0 bridgehead atoms. The molecule has 0 N–H and O–H groups in total. The van der Waals surface area contributed by atoms with E-state index in [0.29, 0.717) is 18.2 Å². The Bertz CT molecular complexity index is 406. The van der Waals surface area contributed by atoms with Gasteiger partial charge in [-0.05, 0) is 37.5 Å². The Balaban J connectivity index is 2.15. The van der Waals surface area contributed by atoms with Crippen LogP contribution in [0.25, 0.3) is 0 Å². The van der Waals surface area contributed by atoms with Crippen LogP contribution in [0, 0.1) is 5.82 Å². The SMILES string of the molecule is O=C(c1cccc(F)c1)N(CCBr)C1CCC1. The number of amides is 1. The van der Waals surface area contributed by atoms with Crippen molar-refractivity contribution in [2.45, 2.75) is 25.3 Å². The summed E-state index contributed by atoms with van der Waals surface area (Å²) in [6, 6.07) is 6.25. The van der Waals surface area contributed by atoms with Crippen molar-refractivity contribution in [1.29, 1.82) is 0 Å². The highest BCUT2D eigenvalue weighted by Crippen LogP contribution is 2.26. The van der Waals surface area contributed by atoms with Gasteiger partial charge in [0.1, 0.15) is 5.82 Å². The molecule has 2 nitrogen and oxygen atoms in total. The van der Waals surface area contributed by atoms with E-state index in [2.05, 4.69) is 15.9 Å². The summed E-state index contributed by atoms with van der Waals surface area (Å²) in [5.41, 5.74) is 0.442. The molecule has 0 aliphatic heterocycles. The van der Waals surface area contributed by atoms with Crippen molar-refractivity contribution in [3.8, 4) is 0 Å². The summed E-state index contributed by atoms with van der Waals surface area (Å²) >= 11 is 3.36. The quantitative estimate of drug-likeness (QED) is 0.782. The standard InChI is InChI=1S/C13H15BrFNO/c14-7-8-16(12-5-2-6-12)13(17)10-3-1-4-11(15)9-10/h1,3-4,9,12H,2,5-8H2. The first-order chi connectivity index (χ1) is 8.22. The van der Waals surface area contributed by atoms with Crippen LogP contribution in [-0.2, 0) is 0 Å². The van der Waals surface area contributed by atoms with Gasteiger partial charge in [-0.1, -0.05) is 22.0 Å². The lowest BCUT2D eigenvalue weighted by atomic mass is 9.91. The number of carbonyl (C=O) groups excluding carboxylic acids is 1. The van der Waals surface area contributed by atoms with Crippen molar-refractivity contribution in [1.82, 2.24) is 4.90 Å². The molecule has 0 atom stereocenters. The fourth-order valence-corrected chi connectivity index (χ4v) is 2.41. The molecule has 1 aromatic carbocycles. The van der Waals surface area contributed by atoms with E-state index in [1.165, 1.54) is 18.6 Å². The van der Waals surface area contributed by atoms with Gasteiger partial charge in [0.15, 0.2) is 0 Å². The molecule has 0 spiro atoms. The van der Waals surface area contributed by atoms with Crippen LogP contribution in [-0.4, -0.2) is 28.7 Å². The van der Waals surface area contributed by atoms with Crippen molar-refractivity contribution >= 4 is 21.8 Å². The van der Waals surface area contributed by atoms with Crippen LogP contribution in [0.4, 0.5) is 4.39 Å². The topological polar surface area (TPSA) is 20.3 Å². The first kappa shape index (κ1) is 12.6. The number of carbonyl (C=O) groups is 1. The summed E-state index contributed by atoms with van der Waals surface area (Å²) in [5.74, 6) is -0.420. The molecule has 1 saturated carbocycles. The van der Waals surface area contributed by atoms with Gasteiger partial charge in [-0.2, -0.15) is 0 Å². The minimum atomic E-state index is -0.358. The van der Waals surface area contributed by atoms with Crippen LogP contribution >= 0.6 is 15.9 Å². The molecule has 1 aliphatic carbocycles. The average molecular weight is 300 g/mol. The van der Waals surface area contributed by atoms with Crippen LogP contribution < -0.4 is 0 Å². The van der Waals surface area contributed by atoms with Gasteiger partial charge >= 0.3 is 0 Å². The lowest BCUT2D eigenvalue weighted by Crippen LogP contribution is -2.45. The number of nitrogens with zero attached hydrogens (tertiary/aromatic N) is 1. The fourth-order valence-electron chi connectivity index (χ4n) is 2.03. The first-order valence-electron chi connectivity index (χ1n) is 5.85. The van der Waals surface area contributed by atoms with Gasteiger partial charge in [0.2, 0.25) is 0 Å². The van der Waals surface area contributed by atoms with Gasteiger partial charge in [-0.15, -0.1) is 0 Å². The lowest BCUT2D eigenvalue weighted by molar-refractivity contribution is 0.0599. The van der Waals surface area contributed by atoms with E-state index in [4.69, 9.17) is 0 Å². The van der Waals surface area contributed by atoms with Crippen molar-refractivity contribution in [3.63, 3.8) is 0 Å². The van der Waals surface area contributed by atoms with Crippen LogP contribution in [0.5, 0.6) is 0 Å². The Kier molecular flexibility index (Phi) is 4.15. The molecule has 1 fully saturated rings. The monoisotopic (exact) mass is 299 g/mol. The highest BCUT2D eigenvalue weighted by molar-refractivity contribution is 9.09. The second kappa shape index (κ2) is 5.63. The van der Waals surface area contributed by atoms with E-state index in [1.54, 1.807) is 12.1 Å². The maximum absolute atomic E-state index is 13.1. The van der Waals surface area contributed by atoms with E-state index in [-0.39, 0.29) is 11.7 Å². The molecule has 0 radical (unpaired) electrons. The maximum Gasteiger partial charge on any atom is 0.254 e. The predicted molar refractivity (Wildman–Crippen MR) is 68.9 cm³/mol. The van der Waals surface area contributed by atoms with E-state index in [9.17, 15) is 9.18 Å². The highest BCUT2D eigenvalue weighted by atomic mass is 79.9. The molecule has 0 saturated heterocycles. The van der Waals surface area contributed by atoms with Gasteiger partial charge in [-0.25, -0.2) is 4.39 Å². The van der Waals surface area contributed by atoms with Gasteiger partial charge in [-0.3, -0.25) is 4.79 Å². The second-order valence-electron chi connectivity index (χ2n) is 4.28. The van der Waals surface area contributed by atoms with Crippen molar-refractivity contribution < 1.29 is 9.18 Å². The molecular weight excluding hydrogens is 285 g/mol. The maximum atomic E-state index is 13.1. The van der Waals surface area contributed by atoms with Crippen molar-refractivity contribution in [2.75, 3.05) is 11.9 Å². The molecular formula is C13H15BrFNO. The third-order valence-electron chi connectivity index (χ3n) is 3.17. The number of rotatable bonds is 4. The molecule has 1 aliphatic rings. The van der Waals surface area contributed by atoms with Crippen LogP contribution in [0.15, 0.2) is 24.3 Å². The first-order valence-corrected chi connectivity index (χ1v) is 6.97. The normalized spacial score (nSPS) is 15.4. The Hall–Kier alpha value is -0.900. The zero-order valence-electron chi connectivity index (χ0n) is 9.53. The van der Waals surface area contributed by atoms with Crippen molar-refractivity contribution in [3.05, 3.63) is 35.6 Å². The summed E-state index contributed by atoms with van der Waals surface area (Å²) in [6.45, 7) is 0.681. The number of halogens is 2. The molecule has 4 heteroatoms. The fraction of sp³-hybridized carbons (Fsp3) is 0.462. The summed E-state index contributed by atoms with van der Waals surface area (Å²) in [6.07, 6.45) is 3.31. The smallest absolute Gasteiger partial charge is 0.254 e. The van der Waals surface area contributed by atoms with E-state index in [0.717, 1.165) is 18.2 Å². The molecule has 2 rings (SSSR count). The van der Waals surface area contributed by atoms with Gasteiger partial charge in [0, 0.05) is 23.5 Å². The van der Waals surface area contributed by atoms with Gasteiger partial charge in [0.25, 0.3) is 5.91 Å². The summed E-state index contributed by atoms with van der Waals surface area (Å²) in [5, 5.41) is 0.755. The molecule has 1 aromatic rings. The largest absolute Gasteiger partial charge is 0.335 e. The summed E-state index contributed by atoms with van der Waals surface area (Å²) in [7, 11) is 0. The van der Waals surface area contributed by atoms with Crippen LogP contribution in [0.2, 0.25) is 0 Å². The molecule has 17 heavy (non-hydrogen) atoms. The highest BCUT2D eigenvalue weighted by Gasteiger charge is 2.28. The molecule has 0 heterocycles. The number of benzene rings is 1. The minimum absolute atomic E-state index is 0.0614.